The quantitative estimate of drug-likeness (QED) is 0.845. The Kier molecular flexibility index (Phi) is 5.10. The van der Waals surface area contributed by atoms with Gasteiger partial charge in [0.25, 0.3) is 11.8 Å². The van der Waals surface area contributed by atoms with Crippen molar-refractivity contribution in [3.05, 3.63) is 35.6 Å². The van der Waals surface area contributed by atoms with Crippen LogP contribution in [-0.2, 0) is 16.1 Å². The minimum Gasteiger partial charge on any atom is -0.366 e. The van der Waals surface area contributed by atoms with Gasteiger partial charge >= 0.3 is 0 Å². The standard InChI is InChI=1S/C17H21F3N2O2/c18-14-4-2-1-3-13(14)11-21-9-10-24-15(12-21)16(23)22-7-5-17(19,20)6-8-22/h1-4,15H,5-12H2. The predicted molar refractivity (Wildman–Crippen MR) is 82.2 cm³/mol. The van der Waals surface area contributed by atoms with Crippen molar-refractivity contribution < 1.29 is 22.7 Å². The Bertz CT molecular complexity index is 587. The molecule has 1 amide bonds. The number of carbonyl (C=O) groups is 1. The summed E-state index contributed by atoms with van der Waals surface area (Å²) < 4.78 is 45.7. The second-order valence-electron chi connectivity index (χ2n) is 6.37. The van der Waals surface area contributed by atoms with E-state index in [4.69, 9.17) is 4.74 Å². The van der Waals surface area contributed by atoms with Crippen LogP contribution in [0.25, 0.3) is 0 Å². The van der Waals surface area contributed by atoms with E-state index in [0.29, 0.717) is 31.8 Å². The van der Waals surface area contributed by atoms with Crippen molar-refractivity contribution in [2.75, 3.05) is 32.8 Å². The van der Waals surface area contributed by atoms with Crippen LogP contribution in [0.4, 0.5) is 13.2 Å². The first kappa shape index (κ1) is 17.2. The summed E-state index contributed by atoms with van der Waals surface area (Å²) in [6.07, 6.45) is -1.27. The number of rotatable bonds is 3. The highest BCUT2D eigenvalue weighted by Gasteiger charge is 2.38. The number of hydrogen-bond acceptors (Lipinski definition) is 3. The highest BCUT2D eigenvalue weighted by molar-refractivity contribution is 5.81. The topological polar surface area (TPSA) is 32.8 Å². The molecule has 2 heterocycles. The zero-order valence-electron chi connectivity index (χ0n) is 13.4. The second kappa shape index (κ2) is 7.11. The zero-order valence-corrected chi connectivity index (χ0v) is 13.4. The number of halogens is 3. The molecule has 4 nitrogen and oxygen atoms in total. The molecule has 3 rings (SSSR count). The number of likely N-dealkylation sites (tertiary alicyclic amines) is 1. The number of amides is 1. The fourth-order valence-electron chi connectivity index (χ4n) is 3.12. The number of piperidine rings is 1. The van der Waals surface area contributed by atoms with Crippen LogP contribution >= 0.6 is 0 Å². The molecule has 7 heteroatoms. The van der Waals surface area contributed by atoms with Gasteiger partial charge in [0.1, 0.15) is 11.9 Å². The van der Waals surface area contributed by atoms with E-state index in [0.717, 1.165) is 0 Å². The van der Waals surface area contributed by atoms with Crippen molar-refractivity contribution >= 4 is 5.91 Å². The summed E-state index contributed by atoms with van der Waals surface area (Å²) in [6, 6.07) is 6.53. The first-order valence-corrected chi connectivity index (χ1v) is 8.19. The lowest BCUT2D eigenvalue weighted by molar-refractivity contribution is -0.155. The minimum atomic E-state index is -2.68. The monoisotopic (exact) mass is 342 g/mol. The van der Waals surface area contributed by atoms with Gasteiger partial charge in [-0.25, -0.2) is 13.2 Å². The Morgan fingerprint density at radius 1 is 1.21 bits per heavy atom. The van der Waals surface area contributed by atoms with Gasteiger partial charge in [0.15, 0.2) is 0 Å². The number of nitrogens with zero attached hydrogens (tertiary/aromatic N) is 2. The van der Waals surface area contributed by atoms with Crippen LogP contribution in [0.2, 0.25) is 0 Å². The van der Waals surface area contributed by atoms with Crippen LogP contribution in [0.5, 0.6) is 0 Å². The van der Waals surface area contributed by atoms with Gasteiger partial charge in [-0.05, 0) is 6.07 Å². The molecule has 2 aliphatic rings. The van der Waals surface area contributed by atoms with E-state index in [1.54, 1.807) is 18.2 Å². The van der Waals surface area contributed by atoms with Gasteiger partial charge in [-0.15, -0.1) is 0 Å². The lowest BCUT2D eigenvalue weighted by Gasteiger charge is -2.37. The molecule has 1 aromatic rings. The number of alkyl halides is 2. The van der Waals surface area contributed by atoms with Gasteiger partial charge in [-0.3, -0.25) is 9.69 Å². The van der Waals surface area contributed by atoms with Crippen LogP contribution in [0.15, 0.2) is 24.3 Å². The maximum atomic E-state index is 13.8. The first-order chi connectivity index (χ1) is 11.4. The minimum absolute atomic E-state index is 0.0546. The van der Waals surface area contributed by atoms with Gasteiger partial charge in [-0.1, -0.05) is 18.2 Å². The van der Waals surface area contributed by atoms with Crippen LogP contribution in [0.1, 0.15) is 18.4 Å². The molecule has 0 aliphatic carbocycles. The molecule has 2 saturated heterocycles. The molecule has 0 radical (unpaired) electrons. The van der Waals surface area contributed by atoms with Crippen LogP contribution in [-0.4, -0.2) is 60.5 Å². The molecular formula is C17H21F3N2O2. The van der Waals surface area contributed by atoms with Crippen LogP contribution < -0.4 is 0 Å². The molecule has 0 aromatic heterocycles. The SMILES string of the molecule is O=C(C1CN(Cc2ccccc2F)CCO1)N1CCC(F)(F)CC1. The molecule has 2 aliphatic heterocycles. The van der Waals surface area contributed by atoms with Gasteiger partial charge < -0.3 is 9.64 Å². The van der Waals surface area contributed by atoms with E-state index in [1.807, 2.05) is 4.90 Å². The van der Waals surface area contributed by atoms with Gasteiger partial charge in [-0.2, -0.15) is 0 Å². The molecule has 1 aromatic carbocycles. The summed E-state index contributed by atoms with van der Waals surface area (Å²) in [5.74, 6) is -3.20. The first-order valence-electron chi connectivity index (χ1n) is 8.19. The number of hydrogen-bond donors (Lipinski definition) is 0. The van der Waals surface area contributed by atoms with Crippen molar-refractivity contribution in [3.63, 3.8) is 0 Å². The third kappa shape index (κ3) is 4.08. The van der Waals surface area contributed by atoms with E-state index in [-0.39, 0.29) is 37.7 Å². The number of carbonyl (C=O) groups excluding carboxylic acids is 1. The van der Waals surface area contributed by atoms with Gasteiger partial charge in [0, 0.05) is 51.1 Å². The number of benzene rings is 1. The fourth-order valence-corrected chi connectivity index (χ4v) is 3.12. The largest absolute Gasteiger partial charge is 0.366 e. The summed E-state index contributed by atoms with van der Waals surface area (Å²) in [5, 5.41) is 0. The number of ether oxygens (including phenoxy) is 1. The summed E-state index contributed by atoms with van der Waals surface area (Å²) in [5.41, 5.74) is 0.572. The summed E-state index contributed by atoms with van der Waals surface area (Å²) in [7, 11) is 0. The Labute approximate surface area is 139 Å². The lowest BCUT2D eigenvalue weighted by Crippen LogP contribution is -2.53. The predicted octanol–water partition coefficient (Wildman–Crippen LogP) is 2.28. The normalized spacial score (nSPS) is 24.8. The van der Waals surface area contributed by atoms with Crippen molar-refractivity contribution in [2.45, 2.75) is 31.4 Å². The molecular weight excluding hydrogens is 321 g/mol. The van der Waals surface area contributed by atoms with E-state index in [1.165, 1.54) is 11.0 Å². The van der Waals surface area contributed by atoms with E-state index in [9.17, 15) is 18.0 Å². The van der Waals surface area contributed by atoms with Crippen LogP contribution in [0, 0.1) is 5.82 Å². The van der Waals surface area contributed by atoms with E-state index < -0.39 is 12.0 Å². The maximum absolute atomic E-state index is 13.8. The zero-order chi connectivity index (χ0) is 17.2. The van der Waals surface area contributed by atoms with Crippen molar-refractivity contribution in [2.24, 2.45) is 0 Å². The van der Waals surface area contributed by atoms with Crippen molar-refractivity contribution in [1.29, 1.82) is 0 Å². The molecule has 0 saturated carbocycles. The highest BCUT2D eigenvalue weighted by Crippen LogP contribution is 2.28. The van der Waals surface area contributed by atoms with E-state index >= 15 is 0 Å². The Hall–Kier alpha value is -1.60. The summed E-state index contributed by atoms with van der Waals surface area (Å²) in [6.45, 7) is 1.83. The summed E-state index contributed by atoms with van der Waals surface area (Å²) >= 11 is 0. The Morgan fingerprint density at radius 3 is 2.62 bits per heavy atom. The summed E-state index contributed by atoms with van der Waals surface area (Å²) in [4.78, 5) is 15.9. The molecule has 0 N–H and O–H groups in total. The molecule has 24 heavy (non-hydrogen) atoms. The third-order valence-electron chi connectivity index (χ3n) is 4.58. The Morgan fingerprint density at radius 2 is 1.92 bits per heavy atom. The molecule has 1 unspecified atom stereocenters. The second-order valence-corrected chi connectivity index (χ2v) is 6.37. The van der Waals surface area contributed by atoms with Crippen molar-refractivity contribution in [3.8, 4) is 0 Å². The van der Waals surface area contributed by atoms with Gasteiger partial charge in [0.05, 0.1) is 6.61 Å². The molecule has 0 bridgehead atoms. The van der Waals surface area contributed by atoms with E-state index in [2.05, 4.69) is 0 Å². The lowest BCUT2D eigenvalue weighted by atomic mass is 10.1. The molecule has 1 atom stereocenters. The average Bonchev–Trinajstić information content (AvgIpc) is 2.57. The van der Waals surface area contributed by atoms with Gasteiger partial charge in [0.2, 0.25) is 0 Å². The number of morpholine rings is 1. The average molecular weight is 342 g/mol. The van der Waals surface area contributed by atoms with Crippen LogP contribution in [0.3, 0.4) is 0 Å². The smallest absolute Gasteiger partial charge is 0.253 e. The maximum Gasteiger partial charge on any atom is 0.253 e. The third-order valence-corrected chi connectivity index (χ3v) is 4.58. The Balaban J connectivity index is 1.57. The fraction of sp³-hybridized carbons (Fsp3) is 0.588. The molecule has 2 fully saturated rings. The molecule has 0 spiro atoms. The molecule has 132 valence electrons. The highest BCUT2D eigenvalue weighted by atomic mass is 19.3. The van der Waals surface area contributed by atoms with Crippen molar-refractivity contribution in [1.82, 2.24) is 9.80 Å².